The lowest BCUT2D eigenvalue weighted by Crippen LogP contribution is -2.68. The van der Waals surface area contributed by atoms with Crippen LogP contribution in [0.2, 0.25) is 5.04 Å². The molecular formula is C24H32O2Si. The number of carbonyl (C=O) groups excluding carboxylic acids is 1. The number of carbonyl (C=O) groups is 1. The number of rotatable bonds is 8. The number of hydrogen-bond acceptors (Lipinski definition) is 2. The summed E-state index contributed by atoms with van der Waals surface area (Å²) in [7, 11) is -2.63. The first-order chi connectivity index (χ1) is 12.9. The van der Waals surface area contributed by atoms with Crippen LogP contribution in [-0.2, 0) is 9.22 Å². The van der Waals surface area contributed by atoms with E-state index in [2.05, 4.69) is 82.3 Å². The lowest BCUT2D eigenvalue weighted by Gasteiger charge is -2.45. The molecule has 2 rings (SSSR count). The normalized spacial score (nSPS) is 14.9. The van der Waals surface area contributed by atoms with Crippen molar-refractivity contribution in [2.45, 2.75) is 52.2 Å². The molecule has 0 aromatic heterocycles. The van der Waals surface area contributed by atoms with Gasteiger partial charge in [0.25, 0.3) is 8.32 Å². The van der Waals surface area contributed by atoms with E-state index in [4.69, 9.17) is 4.43 Å². The van der Waals surface area contributed by atoms with E-state index in [1.165, 1.54) is 10.4 Å². The van der Waals surface area contributed by atoms with E-state index in [0.717, 1.165) is 6.29 Å². The van der Waals surface area contributed by atoms with Gasteiger partial charge in [-0.3, -0.25) is 0 Å². The maximum atomic E-state index is 11.4. The highest BCUT2D eigenvalue weighted by Crippen LogP contribution is 2.38. The van der Waals surface area contributed by atoms with Gasteiger partial charge in [-0.05, 0) is 28.3 Å². The van der Waals surface area contributed by atoms with Gasteiger partial charge in [-0.1, -0.05) is 101 Å². The van der Waals surface area contributed by atoms with Gasteiger partial charge in [0, 0.05) is 6.42 Å². The number of benzene rings is 2. The lowest BCUT2D eigenvalue weighted by molar-refractivity contribution is -0.109. The van der Waals surface area contributed by atoms with Crippen LogP contribution in [0.1, 0.15) is 41.0 Å². The summed E-state index contributed by atoms with van der Waals surface area (Å²) in [6, 6.07) is 21.2. The summed E-state index contributed by atoms with van der Waals surface area (Å²) in [6.45, 7) is 10.9. The molecule has 2 aromatic rings. The third-order valence-corrected chi connectivity index (χ3v) is 10.2. The molecule has 0 unspecified atom stereocenters. The van der Waals surface area contributed by atoms with Crippen LogP contribution in [0.25, 0.3) is 0 Å². The Balaban J connectivity index is 2.69. The maximum Gasteiger partial charge on any atom is 0.261 e. The second-order valence-corrected chi connectivity index (χ2v) is 12.4. The maximum absolute atomic E-state index is 11.4. The number of hydrogen-bond donors (Lipinski definition) is 0. The van der Waals surface area contributed by atoms with Crippen LogP contribution in [0.4, 0.5) is 0 Å². The summed E-state index contributed by atoms with van der Waals surface area (Å²) in [5.41, 5.74) is 0. The molecule has 0 bridgehead atoms. The van der Waals surface area contributed by atoms with Crippen molar-refractivity contribution in [1.82, 2.24) is 0 Å². The minimum absolute atomic E-state index is 0.0908. The molecule has 0 aliphatic carbocycles. The molecule has 0 radical (unpaired) electrons. The average Bonchev–Trinajstić information content (AvgIpc) is 2.65. The molecule has 144 valence electrons. The first kappa shape index (κ1) is 21.3. The van der Waals surface area contributed by atoms with Crippen molar-refractivity contribution < 1.29 is 9.22 Å². The largest absolute Gasteiger partial charge is 0.403 e. The second-order valence-electron chi connectivity index (χ2n) is 8.11. The van der Waals surface area contributed by atoms with Crippen LogP contribution in [0.3, 0.4) is 0 Å². The summed E-state index contributed by atoms with van der Waals surface area (Å²) < 4.78 is 7.09. The van der Waals surface area contributed by atoms with Gasteiger partial charge in [0.05, 0.1) is 6.10 Å². The molecule has 0 saturated heterocycles. The summed E-state index contributed by atoms with van der Waals surface area (Å²) >= 11 is 0. The zero-order chi connectivity index (χ0) is 19.9. The fraction of sp³-hybridized carbons (Fsp3) is 0.375. The van der Waals surface area contributed by atoms with E-state index in [1.54, 1.807) is 0 Å². The Morgan fingerprint density at radius 3 is 1.81 bits per heavy atom. The van der Waals surface area contributed by atoms with Crippen molar-refractivity contribution in [2.24, 2.45) is 5.92 Å². The fourth-order valence-corrected chi connectivity index (χ4v) is 8.59. The monoisotopic (exact) mass is 380 g/mol. The highest BCUT2D eigenvalue weighted by molar-refractivity contribution is 6.99. The molecule has 0 fully saturated rings. The Kier molecular flexibility index (Phi) is 7.34. The van der Waals surface area contributed by atoms with E-state index in [1.807, 2.05) is 25.1 Å². The van der Waals surface area contributed by atoms with Crippen LogP contribution in [0.5, 0.6) is 0 Å². The van der Waals surface area contributed by atoms with Crippen molar-refractivity contribution in [2.75, 3.05) is 0 Å². The van der Waals surface area contributed by atoms with E-state index in [9.17, 15) is 4.79 Å². The number of allylic oxidation sites excluding steroid dienone is 1. The Bertz CT molecular complexity index is 692. The van der Waals surface area contributed by atoms with Crippen molar-refractivity contribution in [3.05, 3.63) is 72.8 Å². The molecule has 3 heteroatoms. The van der Waals surface area contributed by atoms with E-state index >= 15 is 0 Å². The Morgan fingerprint density at radius 2 is 1.44 bits per heavy atom. The molecule has 0 aliphatic rings. The quantitative estimate of drug-likeness (QED) is 0.376. The molecule has 2 nitrogen and oxygen atoms in total. The van der Waals surface area contributed by atoms with Crippen LogP contribution in [-0.4, -0.2) is 20.7 Å². The molecular weight excluding hydrogens is 348 g/mol. The topological polar surface area (TPSA) is 26.3 Å². The molecule has 2 atom stereocenters. The van der Waals surface area contributed by atoms with Gasteiger partial charge in [-0.2, -0.15) is 0 Å². The average molecular weight is 381 g/mol. The molecule has 27 heavy (non-hydrogen) atoms. The Morgan fingerprint density at radius 1 is 0.963 bits per heavy atom. The van der Waals surface area contributed by atoms with Crippen LogP contribution < -0.4 is 10.4 Å². The fourth-order valence-electron chi connectivity index (χ4n) is 3.81. The zero-order valence-corrected chi connectivity index (χ0v) is 18.2. The Hall–Kier alpha value is -1.97. The van der Waals surface area contributed by atoms with Gasteiger partial charge in [-0.25, -0.2) is 0 Å². The van der Waals surface area contributed by atoms with Crippen molar-refractivity contribution in [3.8, 4) is 0 Å². The molecule has 0 N–H and O–H groups in total. The molecule has 0 heterocycles. The first-order valence-corrected chi connectivity index (χ1v) is 11.6. The third-order valence-electron chi connectivity index (χ3n) is 5.16. The highest BCUT2D eigenvalue weighted by atomic mass is 28.4. The lowest BCUT2D eigenvalue weighted by atomic mass is 10.0. The SMILES string of the molecule is CC=C[C@@H](C)[C@H](CC=O)O[Si](c1ccccc1)(c1ccccc1)C(C)(C)C. The van der Waals surface area contributed by atoms with Gasteiger partial charge in [0.15, 0.2) is 0 Å². The van der Waals surface area contributed by atoms with E-state index in [-0.39, 0.29) is 17.1 Å². The highest BCUT2D eigenvalue weighted by Gasteiger charge is 2.51. The second kappa shape index (κ2) is 9.29. The predicted molar refractivity (Wildman–Crippen MR) is 117 cm³/mol. The minimum atomic E-state index is -2.63. The third kappa shape index (κ3) is 4.66. The molecule has 0 amide bonds. The van der Waals surface area contributed by atoms with E-state index in [0.29, 0.717) is 6.42 Å². The molecule has 2 aromatic carbocycles. The molecule has 0 aliphatic heterocycles. The van der Waals surface area contributed by atoms with Crippen LogP contribution in [0.15, 0.2) is 72.8 Å². The number of aldehydes is 1. The van der Waals surface area contributed by atoms with Crippen molar-refractivity contribution in [3.63, 3.8) is 0 Å². The van der Waals surface area contributed by atoms with Crippen molar-refractivity contribution >= 4 is 25.0 Å². The first-order valence-electron chi connectivity index (χ1n) is 9.72. The van der Waals surface area contributed by atoms with Crippen LogP contribution >= 0.6 is 0 Å². The van der Waals surface area contributed by atoms with Gasteiger partial charge in [0.2, 0.25) is 0 Å². The predicted octanol–water partition coefficient (Wildman–Crippen LogP) is 4.73. The van der Waals surface area contributed by atoms with Gasteiger partial charge in [0.1, 0.15) is 6.29 Å². The van der Waals surface area contributed by atoms with Gasteiger partial charge in [-0.15, -0.1) is 0 Å². The van der Waals surface area contributed by atoms with E-state index < -0.39 is 8.32 Å². The smallest absolute Gasteiger partial charge is 0.261 e. The summed E-state index contributed by atoms with van der Waals surface area (Å²) in [5.74, 6) is 0.168. The van der Waals surface area contributed by atoms with Crippen molar-refractivity contribution in [1.29, 1.82) is 0 Å². The Labute approximate surface area is 165 Å². The summed E-state index contributed by atoms with van der Waals surface area (Å²) in [5, 5.41) is 2.39. The standard InChI is InChI=1S/C24H32O2Si/c1-6-13-20(2)23(18-19-25)26-27(24(3,4)5,21-14-9-7-10-15-21)22-16-11-8-12-17-22/h6-17,19-20,23H,18H2,1-5H3/t20-,23+/m1/s1. The molecule has 0 spiro atoms. The summed E-state index contributed by atoms with van der Waals surface area (Å²) in [6.07, 6.45) is 5.41. The van der Waals surface area contributed by atoms with Crippen LogP contribution in [0, 0.1) is 5.92 Å². The minimum Gasteiger partial charge on any atom is -0.403 e. The van der Waals surface area contributed by atoms with Gasteiger partial charge < -0.3 is 9.22 Å². The molecule has 0 saturated carbocycles. The zero-order valence-electron chi connectivity index (χ0n) is 17.2. The van der Waals surface area contributed by atoms with Gasteiger partial charge >= 0.3 is 0 Å². The summed E-state index contributed by atoms with van der Waals surface area (Å²) in [4.78, 5) is 11.4.